The van der Waals surface area contributed by atoms with Crippen molar-refractivity contribution in [2.45, 2.75) is 77.8 Å². The van der Waals surface area contributed by atoms with Crippen LogP contribution in [0.15, 0.2) is 0 Å². The van der Waals surface area contributed by atoms with E-state index in [0.717, 1.165) is 18.5 Å². The van der Waals surface area contributed by atoms with Crippen LogP contribution in [0.2, 0.25) is 0 Å². The molecule has 1 rings (SSSR count). The minimum absolute atomic E-state index is 0.565. The summed E-state index contributed by atoms with van der Waals surface area (Å²) >= 11 is 0. The molecule has 0 amide bonds. The zero-order valence-corrected chi connectivity index (χ0v) is 13.0. The van der Waals surface area contributed by atoms with Gasteiger partial charge in [-0.1, -0.05) is 46.5 Å². The van der Waals surface area contributed by atoms with E-state index in [1.165, 1.54) is 44.9 Å². The molecule has 0 heterocycles. The van der Waals surface area contributed by atoms with Crippen molar-refractivity contribution in [3.63, 3.8) is 0 Å². The fourth-order valence-corrected chi connectivity index (χ4v) is 3.64. The second kappa shape index (κ2) is 8.16. The molecule has 0 aliphatic heterocycles. The summed E-state index contributed by atoms with van der Waals surface area (Å²) in [5.74, 6) is 1.49. The van der Waals surface area contributed by atoms with Gasteiger partial charge in [-0.05, 0) is 38.1 Å². The maximum absolute atomic E-state index is 6.05. The molecular weight excluding hydrogens is 220 g/mol. The number of hydrogen-bond acceptors (Lipinski definition) is 2. The minimum atomic E-state index is 0.565. The van der Waals surface area contributed by atoms with E-state index in [-0.39, 0.29) is 0 Å². The lowest BCUT2D eigenvalue weighted by Gasteiger charge is -2.38. The molecule has 0 radical (unpaired) electrons. The van der Waals surface area contributed by atoms with Crippen molar-refractivity contribution in [2.75, 3.05) is 13.6 Å². The van der Waals surface area contributed by atoms with E-state index in [2.05, 4.69) is 32.7 Å². The quantitative estimate of drug-likeness (QED) is 0.733. The third-order valence-electron chi connectivity index (χ3n) is 4.67. The Morgan fingerprint density at radius 2 is 1.61 bits per heavy atom. The standard InChI is InChI=1S/C16H34N2/c1-13(2)11-14(3)16(12-17)18(4)15-9-7-5-6-8-10-15/h13-16H,5-12,17H2,1-4H3. The summed E-state index contributed by atoms with van der Waals surface area (Å²) in [5.41, 5.74) is 6.05. The van der Waals surface area contributed by atoms with Crippen molar-refractivity contribution in [1.29, 1.82) is 0 Å². The summed E-state index contributed by atoms with van der Waals surface area (Å²) in [6.07, 6.45) is 9.72. The van der Waals surface area contributed by atoms with Crippen molar-refractivity contribution in [3.8, 4) is 0 Å². The van der Waals surface area contributed by atoms with Crippen molar-refractivity contribution in [3.05, 3.63) is 0 Å². The van der Waals surface area contributed by atoms with Crippen LogP contribution in [-0.2, 0) is 0 Å². The zero-order chi connectivity index (χ0) is 13.5. The van der Waals surface area contributed by atoms with Crippen LogP contribution in [0.3, 0.4) is 0 Å². The Balaban J connectivity index is 2.56. The fourth-order valence-electron chi connectivity index (χ4n) is 3.64. The lowest BCUT2D eigenvalue weighted by molar-refractivity contribution is 0.113. The molecule has 0 aromatic heterocycles. The van der Waals surface area contributed by atoms with Crippen LogP contribution in [0.4, 0.5) is 0 Å². The highest BCUT2D eigenvalue weighted by Crippen LogP contribution is 2.26. The number of rotatable bonds is 6. The van der Waals surface area contributed by atoms with Gasteiger partial charge >= 0.3 is 0 Å². The zero-order valence-electron chi connectivity index (χ0n) is 13.0. The molecular formula is C16H34N2. The predicted octanol–water partition coefficient (Wildman–Crippen LogP) is 3.65. The molecule has 1 fully saturated rings. The second-order valence-corrected chi connectivity index (χ2v) is 6.72. The van der Waals surface area contributed by atoms with Gasteiger partial charge < -0.3 is 5.73 Å². The Bertz CT molecular complexity index is 207. The second-order valence-electron chi connectivity index (χ2n) is 6.72. The third kappa shape index (κ3) is 4.89. The predicted molar refractivity (Wildman–Crippen MR) is 80.7 cm³/mol. The molecule has 0 aromatic rings. The maximum Gasteiger partial charge on any atom is 0.0243 e. The number of nitrogens with two attached hydrogens (primary N) is 1. The monoisotopic (exact) mass is 254 g/mol. The summed E-state index contributed by atoms with van der Waals surface area (Å²) in [5, 5.41) is 0. The van der Waals surface area contributed by atoms with Crippen LogP contribution in [0.5, 0.6) is 0 Å². The van der Waals surface area contributed by atoms with E-state index in [0.29, 0.717) is 12.0 Å². The number of nitrogens with zero attached hydrogens (tertiary/aromatic N) is 1. The highest BCUT2D eigenvalue weighted by atomic mass is 15.2. The Labute approximate surface area is 114 Å². The van der Waals surface area contributed by atoms with E-state index < -0.39 is 0 Å². The molecule has 0 bridgehead atoms. The minimum Gasteiger partial charge on any atom is -0.329 e. The molecule has 0 saturated heterocycles. The average molecular weight is 254 g/mol. The van der Waals surface area contributed by atoms with Gasteiger partial charge in [0, 0.05) is 18.6 Å². The van der Waals surface area contributed by atoms with Gasteiger partial charge in [0.2, 0.25) is 0 Å². The molecule has 108 valence electrons. The summed E-state index contributed by atoms with van der Waals surface area (Å²) in [6.45, 7) is 7.82. The van der Waals surface area contributed by atoms with Crippen molar-refractivity contribution in [1.82, 2.24) is 4.90 Å². The van der Waals surface area contributed by atoms with Crippen molar-refractivity contribution < 1.29 is 0 Å². The molecule has 2 N–H and O–H groups in total. The lowest BCUT2D eigenvalue weighted by Crippen LogP contribution is -2.48. The largest absolute Gasteiger partial charge is 0.329 e. The van der Waals surface area contributed by atoms with Crippen molar-refractivity contribution in [2.24, 2.45) is 17.6 Å². The SMILES string of the molecule is CC(C)CC(C)C(CN)N(C)C1CCCCCC1. The van der Waals surface area contributed by atoms with Gasteiger partial charge in [-0.3, -0.25) is 4.90 Å². The van der Waals surface area contributed by atoms with Crippen LogP contribution in [-0.4, -0.2) is 30.6 Å². The van der Waals surface area contributed by atoms with Gasteiger partial charge in [-0.25, -0.2) is 0 Å². The first-order chi connectivity index (χ1) is 8.56. The van der Waals surface area contributed by atoms with E-state index in [1.807, 2.05) is 0 Å². The normalized spacial score (nSPS) is 22.2. The molecule has 18 heavy (non-hydrogen) atoms. The Kier molecular flexibility index (Phi) is 7.25. The van der Waals surface area contributed by atoms with E-state index in [4.69, 9.17) is 5.73 Å². The number of hydrogen-bond donors (Lipinski definition) is 1. The van der Waals surface area contributed by atoms with Crippen molar-refractivity contribution >= 4 is 0 Å². The first kappa shape index (κ1) is 16.0. The first-order valence-electron chi connectivity index (χ1n) is 7.98. The highest BCUT2D eigenvalue weighted by molar-refractivity contribution is 4.82. The van der Waals surface area contributed by atoms with Gasteiger partial charge in [0.15, 0.2) is 0 Å². The van der Waals surface area contributed by atoms with Crippen LogP contribution >= 0.6 is 0 Å². The lowest BCUT2D eigenvalue weighted by atomic mass is 9.90. The first-order valence-corrected chi connectivity index (χ1v) is 7.98. The molecule has 2 unspecified atom stereocenters. The van der Waals surface area contributed by atoms with E-state index in [9.17, 15) is 0 Å². The molecule has 1 aliphatic rings. The molecule has 1 aliphatic carbocycles. The topological polar surface area (TPSA) is 29.3 Å². The maximum atomic E-state index is 6.05. The van der Waals surface area contributed by atoms with Gasteiger partial charge in [0.25, 0.3) is 0 Å². The van der Waals surface area contributed by atoms with Crippen LogP contribution in [0.1, 0.15) is 65.7 Å². The molecule has 1 saturated carbocycles. The van der Waals surface area contributed by atoms with E-state index >= 15 is 0 Å². The Hall–Kier alpha value is -0.0800. The van der Waals surface area contributed by atoms with Gasteiger partial charge in [-0.2, -0.15) is 0 Å². The number of likely N-dealkylation sites (N-methyl/N-ethyl adjacent to an activating group) is 1. The van der Waals surface area contributed by atoms with E-state index in [1.54, 1.807) is 0 Å². The van der Waals surface area contributed by atoms with Gasteiger partial charge in [0.1, 0.15) is 0 Å². The van der Waals surface area contributed by atoms with Crippen LogP contribution < -0.4 is 5.73 Å². The van der Waals surface area contributed by atoms with Gasteiger partial charge in [-0.15, -0.1) is 0 Å². The van der Waals surface area contributed by atoms with Crippen LogP contribution in [0, 0.1) is 11.8 Å². The molecule has 2 atom stereocenters. The average Bonchev–Trinajstić information content (AvgIpc) is 2.57. The summed E-state index contributed by atoms with van der Waals surface area (Å²) < 4.78 is 0. The summed E-state index contributed by atoms with van der Waals surface area (Å²) in [7, 11) is 2.31. The molecule has 2 nitrogen and oxygen atoms in total. The highest BCUT2D eigenvalue weighted by Gasteiger charge is 2.27. The fraction of sp³-hybridized carbons (Fsp3) is 1.00. The summed E-state index contributed by atoms with van der Waals surface area (Å²) in [6, 6.07) is 1.34. The molecule has 0 spiro atoms. The molecule has 0 aromatic carbocycles. The third-order valence-corrected chi connectivity index (χ3v) is 4.67. The van der Waals surface area contributed by atoms with Gasteiger partial charge in [0.05, 0.1) is 0 Å². The molecule has 2 heteroatoms. The van der Waals surface area contributed by atoms with Crippen LogP contribution in [0.25, 0.3) is 0 Å². The Morgan fingerprint density at radius 1 is 1.06 bits per heavy atom. The summed E-state index contributed by atoms with van der Waals surface area (Å²) in [4.78, 5) is 2.61. The smallest absolute Gasteiger partial charge is 0.0243 e. The Morgan fingerprint density at radius 3 is 2.06 bits per heavy atom.